The van der Waals surface area contributed by atoms with Crippen LogP contribution in [0.1, 0.15) is 5.69 Å². The van der Waals surface area contributed by atoms with Crippen LogP contribution in [-0.2, 0) is 5.88 Å². The lowest BCUT2D eigenvalue weighted by Crippen LogP contribution is -2.23. The van der Waals surface area contributed by atoms with Crippen molar-refractivity contribution >= 4 is 11.6 Å². The Morgan fingerprint density at radius 1 is 1.33 bits per heavy atom. The van der Waals surface area contributed by atoms with Crippen LogP contribution in [0.25, 0.3) is 5.69 Å². The summed E-state index contributed by atoms with van der Waals surface area (Å²) >= 11 is 5.50. The maximum atomic E-state index is 13.5. The van der Waals surface area contributed by atoms with Gasteiger partial charge in [0.25, 0.3) is 5.56 Å². The zero-order chi connectivity index (χ0) is 13.3. The summed E-state index contributed by atoms with van der Waals surface area (Å²) in [6.07, 6.45) is 0. The van der Waals surface area contributed by atoms with Crippen LogP contribution < -0.4 is 5.56 Å². The number of alkyl halides is 1. The van der Waals surface area contributed by atoms with Crippen LogP contribution >= 0.6 is 11.6 Å². The summed E-state index contributed by atoms with van der Waals surface area (Å²) in [6.45, 7) is 0. The Labute approximate surface area is 105 Å². The molecule has 1 aromatic heterocycles. The molecule has 0 amide bonds. The van der Waals surface area contributed by atoms with Crippen molar-refractivity contribution in [2.45, 2.75) is 5.88 Å². The number of hydrogen-bond acceptors (Lipinski definition) is 3. The third kappa shape index (κ3) is 2.06. The molecule has 1 aromatic carbocycles. The summed E-state index contributed by atoms with van der Waals surface area (Å²) in [5.41, 5.74) is -1.50. The van der Waals surface area contributed by atoms with Gasteiger partial charge in [-0.15, -0.1) is 11.6 Å². The fourth-order valence-corrected chi connectivity index (χ4v) is 1.62. The molecule has 0 spiro atoms. The summed E-state index contributed by atoms with van der Waals surface area (Å²) in [7, 11) is 0. The number of hydrogen-bond donors (Lipinski definition) is 1. The van der Waals surface area contributed by atoms with E-state index in [2.05, 4.69) is 5.10 Å². The van der Waals surface area contributed by atoms with E-state index in [1.165, 1.54) is 6.07 Å². The standard InChI is InChI=1S/C11H7ClF2N2O2/c12-5-8-9(17)4-10(18)16(15-8)11-6(13)2-1-3-7(11)14/h1-4,17H,5H2. The SMILES string of the molecule is O=c1cc(O)c(CCl)nn1-c1c(F)cccc1F. The first-order valence-corrected chi connectivity index (χ1v) is 5.40. The lowest BCUT2D eigenvalue weighted by molar-refractivity contribution is 0.457. The average Bonchev–Trinajstić information content (AvgIpc) is 2.31. The molecule has 0 aliphatic carbocycles. The quantitative estimate of drug-likeness (QED) is 0.850. The van der Waals surface area contributed by atoms with Gasteiger partial charge in [-0.3, -0.25) is 4.79 Å². The largest absolute Gasteiger partial charge is 0.506 e. The number of rotatable bonds is 2. The highest BCUT2D eigenvalue weighted by molar-refractivity contribution is 6.17. The maximum Gasteiger partial charge on any atom is 0.275 e. The number of aromatic hydroxyl groups is 1. The van der Waals surface area contributed by atoms with Gasteiger partial charge in [-0.1, -0.05) is 6.07 Å². The second-order valence-electron chi connectivity index (χ2n) is 3.43. The summed E-state index contributed by atoms with van der Waals surface area (Å²) in [5, 5.41) is 13.0. The Bertz CT molecular complexity index is 638. The van der Waals surface area contributed by atoms with E-state index in [1.54, 1.807) is 0 Å². The Balaban J connectivity index is 2.75. The molecule has 0 aliphatic rings. The van der Waals surface area contributed by atoms with Crippen molar-refractivity contribution in [2.24, 2.45) is 0 Å². The molecule has 0 saturated carbocycles. The summed E-state index contributed by atoms with van der Waals surface area (Å²) in [6, 6.07) is 3.97. The molecular formula is C11H7ClF2N2O2. The highest BCUT2D eigenvalue weighted by Gasteiger charge is 2.15. The number of aromatic nitrogens is 2. The number of benzene rings is 1. The van der Waals surface area contributed by atoms with Crippen LogP contribution in [0.5, 0.6) is 5.75 Å². The molecule has 2 aromatic rings. The highest BCUT2D eigenvalue weighted by atomic mass is 35.5. The summed E-state index contributed by atoms with van der Waals surface area (Å²) < 4.78 is 27.6. The number of nitrogens with zero attached hydrogens (tertiary/aromatic N) is 2. The van der Waals surface area contributed by atoms with Gasteiger partial charge in [-0.2, -0.15) is 9.78 Å². The van der Waals surface area contributed by atoms with Crippen molar-refractivity contribution in [3.63, 3.8) is 0 Å². The summed E-state index contributed by atoms with van der Waals surface area (Å²) in [4.78, 5) is 11.6. The van der Waals surface area contributed by atoms with E-state index < -0.39 is 28.6 Å². The molecule has 0 aliphatic heterocycles. The topological polar surface area (TPSA) is 55.1 Å². The molecule has 1 heterocycles. The summed E-state index contributed by atoms with van der Waals surface area (Å²) in [5.74, 6) is -2.48. The second kappa shape index (κ2) is 4.73. The zero-order valence-electron chi connectivity index (χ0n) is 8.90. The van der Waals surface area contributed by atoms with Crippen LogP contribution in [0, 0.1) is 11.6 Å². The van der Waals surface area contributed by atoms with Gasteiger partial charge in [0.1, 0.15) is 17.1 Å². The van der Waals surface area contributed by atoms with Crippen molar-refractivity contribution in [2.75, 3.05) is 0 Å². The Morgan fingerprint density at radius 2 is 1.94 bits per heavy atom. The van der Waals surface area contributed by atoms with Crippen LogP contribution in [0.3, 0.4) is 0 Å². The minimum Gasteiger partial charge on any atom is -0.506 e. The first kappa shape index (κ1) is 12.5. The van der Waals surface area contributed by atoms with Gasteiger partial charge in [-0.25, -0.2) is 8.78 Å². The van der Waals surface area contributed by atoms with E-state index in [0.717, 1.165) is 18.2 Å². The molecule has 0 radical (unpaired) electrons. The average molecular weight is 273 g/mol. The van der Waals surface area contributed by atoms with E-state index >= 15 is 0 Å². The minimum absolute atomic E-state index is 0.0427. The molecule has 0 bridgehead atoms. The molecule has 4 nitrogen and oxygen atoms in total. The first-order valence-electron chi connectivity index (χ1n) is 4.87. The molecule has 18 heavy (non-hydrogen) atoms. The highest BCUT2D eigenvalue weighted by Crippen LogP contribution is 2.18. The zero-order valence-corrected chi connectivity index (χ0v) is 9.66. The van der Waals surface area contributed by atoms with Gasteiger partial charge < -0.3 is 5.11 Å². The van der Waals surface area contributed by atoms with Crippen molar-refractivity contribution < 1.29 is 13.9 Å². The van der Waals surface area contributed by atoms with Crippen LogP contribution in [0.15, 0.2) is 29.1 Å². The predicted molar refractivity (Wildman–Crippen MR) is 61.0 cm³/mol. The molecule has 2 rings (SSSR count). The molecule has 94 valence electrons. The van der Waals surface area contributed by atoms with E-state index in [0.29, 0.717) is 4.68 Å². The fraction of sp³-hybridized carbons (Fsp3) is 0.0909. The van der Waals surface area contributed by atoms with E-state index in [4.69, 9.17) is 11.6 Å². The van der Waals surface area contributed by atoms with Crippen molar-refractivity contribution in [3.8, 4) is 11.4 Å². The fourth-order valence-electron chi connectivity index (χ4n) is 1.43. The van der Waals surface area contributed by atoms with Gasteiger partial charge in [-0.05, 0) is 12.1 Å². The van der Waals surface area contributed by atoms with Gasteiger partial charge >= 0.3 is 0 Å². The third-order valence-corrected chi connectivity index (χ3v) is 2.51. The molecule has 0 saturated heterocycles. The minimum atomic E-state index is -0.934. The van der Waals surface area contributed by atoms with E-state index in [-0.39, 0.29) is 11.6 Å². The molecule has 7 heteroatoms. The van der Waals surface area contributed by atoms with Crippen molar-refractivity contribution in [3.05, 3.63) is 51.9 Å². The van der Waals surface area contributed by atoms with Gasteiger partial charge in [0.15, 0.2) is 11.6 Å². The monoisotopic (exact) mass is 272 g/mol. The van der Waals surface area contributed by atoms with E-state index in [9.17, 15) is 18.7 Å². The molecular weight excluding hydrogens is 266 g/mol. The Kier molecular flexibility index (Phi) is 3.29. The third-order valence-electron chi connectivity index (χ3n) is 2.26. The number of halogens is 3. The lowest BCUT2D eigenvalue weighted by Gasteiger charge is -2.08. The Hall–Kier alpha value is -1.95. The number of para-hydroxylation sites is 1. The molecule has 0 atom stereocenters. The smallest absolute Gasteiger partial charge is 0.275 e. The normalized spacial score (nSPS) is 10.6. The lowest BCUT2D eigenvalue weighted by atomic mass is 10.3. The van der Waals surface area contributed by atoms with Crippen LogP contribution in [-0.4, -0.2) is 14.9 Å². The molecule has 0 fully saturated rings. The first-order chi connectivity index (χ1) is 8.54. The van der Waals surface area contributed by atoms with E-state index in [1.807, 2.05) is 0 Å². The van der Waals surface area contributed by atoms with Gasteiger partial charge in [0.2, 0.25) is 0 Å². The second-order valence-corrected chi connectivity index (χ2v) is 3.70. The van der Waals surface area contributed by atoms with Gasteiger partial charge in [0, 0.05) is 6.07 Å². The van der Waals surface area contributed by atoms with Crippen molar-refractivity contribution in [1.82, 2.24) is 9.78 Å². The van der Waals surface area contributed by atoms with Crippen molar-refractivity contribution in [1.29, 1.82) is 0 Å². The molecule has 1 N–H and O–H groups in total. The molecule has 0 unspecified atom stereocenters. The van der Waals surface area contributed by atoms with Crippen LogP contribution in [0.4, 0.5) is 8.78 Å². The maximum absolute atomic E-state index is 13.5. The van der Waals surface area contributed by atoms with Crippen LogP contribution in [0.2, 0.25) is 0 Å². The predicted octanol–water partition coefficient (Wildman–Crippen LogP) is 1.96. The van der Waals surface area contributed by atoms with Gasteiger partial charge in [0.05, 0.1) is 5.88 Å². The Morgan fingerprint density at radius 3 is 2.50 bits per heavy atom.